The van der Waals surface area contributed by atoms with Gasteiger partial charge in [0.15, 0.2) is 5.82 Å². The van der Waals surface area contributed by atoms with Crippen LogP contribution in [0.2, 0.25) is 0 Å². The van der Waals surface area contributed by atoms with E-state index in [0.29, 0.717) is 11.8 Å². The van der Waals surface area contributed by atoms with Crippen molar-refractivity contribution >= 4 is 11.6 Å². The molecule has 3 nitrogen and oxygen atoms in total. The van der Waals surface area contributed by atoms with Gasteiger partial charge in [0.05, 0.1) is 5.69 Å². The molecule has 1 aliphatic carbocycles. The molecule has 1 amide bonds. The zero-order chi connectivity index (χ0) is 14.2. The molecule has 19 heavy (non-hydrogen) atoms. The Bertz CT molecular complexity index is 504. The Hall–Kier alpha value is -1.65. The number of benzene rings is 1. The van der Waals surface area contributed by atoms with Crippen molar-refractivity contribution in [1.82, 2.24) is 5.32 Å². The Morgan fingerprint density at radius 3 is 2.58 bits per heavy atom. The van der Waals surface area contributed by atoms with E-state index in [1.165, 1.54) is 0 Å². The van der Waals surface area contributed by atoms with Crippen molar-refractivity contribution in [2.45, 2.75) is 32.7 Å². The number of carbonyl (C=O) groups is 1. The van der Waals surface area contributed by atoms with Crippen LogP contribution in [0.3, 0.4) is 0 Å². The third-order valence-electron chi connectivity index (χ3n) is 4.13. The molecular weight excluding hydrogens is 250 g/mol. The van der Waals surface area contributed by atoms with Crippen LogP contribution in [0, 0.1) is 23.5 Å². The number of anilines is 1. The van der Waals surface area contributed by atoms with E-state index in [-0.39, 0.29) is 11.7 Å². The zero-order valence-corrected chi connectivity index (χ0v) is 11.0. The van der Waals surface area contributed by atoms with Crippen molar-refractivity contribution in [3.8, 4) is 0 Å². The topological polar surface area (TPSA) is 55.1 Å². The van der Waals surface area contributed by atoms with E-state index in [1.807, 2.05) is 6.92 Å². The second-order valence-electron chi connectivity index (χ2n) is 5.32. The van der Waals surface area contributed by atoms with Crippen molar-refractivity contribution < 1.29 is 13.6 Å². The van der Waals surface area contributed by atoms with Gasteiger partial charge in [0.1, 0.15) is 11.4 Å². The lowest BCUT2D eigenvalue weighted by Crippen LogP contribution is -2.38. The van der Waals surface area contributed by atoms with E-state index >= 15 is 0 Å². The van der Waals surface area contributed by atoms with E-state index in [2.05, 4.69) is 12.2 Å². The molecule has 0 spiro atoms. The maximum Gasteiger partial charge on any atom is 0.257 e. The van der Waals surface area contributed by atoms with Gasteiger partial charge in [0, 0.05) is 6.04 Å². The molecule has 1 saturated carbocycles. The van der Waals surface area contributed by atoms with Gasteiger partial charge in [-0.15, -0.1) is 0 Å². The summed E-state index contributed by atoms with van der Waals surface area (Å²) in [4.78, 5) is 12.0. The summed E-state index contributed by atoms with van der Waals surface area (Å²) in [5, 5.41) is 2.71. The van der Waals surface area contributed by atoms with Gasteiger partial charge >= 0.3 is 0 Å². The number of hydrogen-bond donors (Lipinski definition) is 2. The highest BCUT2D eigenvalue weighted by molar-refractivity contribution is 5.95. The minimum Gasteiger partial charge on any atom is -0.396 e. The molecular formula is C14H18F2N2O. The first-order valence-electron chi connectivity index (χ1n) is 6.46. The van der Waals surface area contributed by atoms with Crippen LogP contribution in [-0.4, -0.2) is 11.9 Å². The van der Waals surface area contributed by atoms with Gasteiger partial charge < -0.3 is 11.1 Å². The number of nitrogen functional groups attached to an aromatic ring is 1. The van der Waals surface area contributed by atoms with Gasteiger partial charge in [0.2, 0.25) is 0 Å². The zero-order valence-electron chi connectivity index (χ0n) is 11.0. The van der Waals surface area contributed by atoms with Gasteiger partial charge in [-0.2, -0.15) is 0 Å². The number of carbonyl (C=O) groups excluding carboxylic acids is 1. The maximum absolute atomic E-state index is 13.7. The van der Waals surface area contributed by atoms with E-state index in [0.717, 1.165) is 25.0 Å². The third-order valence-corrected chi connectivity index (χ3v) is 4.13. The molecule has 0 aliphatic heterocycles. The quantitative estimate of drug-likeness (QED) is 0.810. The summed E-state index contributed by atoms with van der Waals surface area (Å²) in [6.07, 6.45) is 1.84. The fourth-order valence-electron chi connectivity index (χ4n) is 2.59. The first-order chi connectivity index (χ1) is 8.91. The number of halogens is 2. The van der Waals surface area contributed by atoms with Crippen LogP contribution in [0.5, 0.6) is 0 Å². The Labute approximate surface area is 111 Å². The Morgan fingerprint density at radius 2 is 2.00 bits per heavy atom. The van der Waals surface area contributed by atoms with Crippen molar-refractivity contribution in [1.29, 1.82) is 0 Å². The molecule has 0 radical (unpaired) electrons. The van der Waals surface area contributed by atoms with Gasteiger partial charge in [-0.3, -0.25) is 4.79 Å². The van der Waals surface area contributed by atoms with Crippen LogP contribution >= 0.6 is 0 Å². The maximum atomic E-state index is 13.7. The molecule has 1 aromatic rings. The largest absolute Gasteiger partial charge is 0.396 e. The SMILES string of the molecule is CC1CCC(NC(=O)c2c(F)ccc(N)c2F)C1C. The smallest absolute Gasteiger partial charge is 0.257 e. The van der Waals surface area contributed by atoms with Crippen molar-refractivity contribution in [3.05, 3.63) is 29.3 Å². The summed E-state index contributed by atoms with van der Waals surface area (Å²) >= 11 is 0. The molecule has 5 heteroatoms. The summed E-state index contributed by atoms with van der Waals surface area (Å²) in [6, 6.07) is 2.08. The van der Waals surface area contributed by atoms with Crippen LogP contribution in [0.25, 0.3) is 0 Å². The molecule has 3 N–H and O–H groups in total. The molecule has 2 rings (SSSR count). The van der Waals surface area contributed by atoms with E-state index in [1.54, 1.807) is 0 Å². The number of rotatable bonds is 2. The Balaban J connectivity index is 2.19. The van der Waals surface area contributed by atoms with Crippen LogP contribution in [-0.2, 0) is 0 Å². The molecule has 0 heterocycles. The summed E-state index contributed by atoms with van der Waals surface area (Å²) in [5.74, 6) is -1.80. The van der Waals surface area contributed by atoms with Gasteiger partial charge in [-0.1, -0.05) is 13.8 Å². The minimum atomic E-state index is -0.990. The average molecular weight is 268 g/mol. The highest BCUT2D eigenvalue weighted by atomic mass is 19.1. The van der Waals surface area contributed by atoms with Crippen molar-refractivity contribution in [2.75, 3.05) is 5.73 Å². The van der Waals surface area contributed by atoms with Crippen molar-refractivity contribution in [2.24, 2.45) is 11.8 Å². The molecule has 3 atom stereocenters. The van der Waals surface area contributed by atoms with Gasteiger partial charge in [0.25, 0.3) is 5.91 Å². The molecule has 0 aromatic heterocycles. The van der Waals surface area contributed by atoms with Gasteiger partial charge in [-0.05, 0) is 36.8 Å². The number of hydrogen-bond acceptors (Lipinski definition) is 2. The lowest BCUT2D eigenvalue weighted by molar-refractivity contribution is 0.0919. The molecule has 1 aliphatic rings. The predicted molar refractivity (Wildman–Crippen MR) is 69.6 cm³/mol. The van der Waals surface area contributed by atoms with Crippen LogP contribution in [0.4, 0.5) is 14.5 Å². The highest BCUT2D eigenvalue weighted by Crippen LogP contribution is 2.31. The van der Waals surface area contributed by atoms with E-state index in [9.17, 15) is 13.6 Å². The minimum absolute atomic E-state index is 0.0391. The second-order valence-corrected chi connectivity index (χ2v) is 5.32. The van der Waals surface area contributed by atoms with Crippen LogP contribution < -0.4 is 11.1 Å². The number of amides is 1. The summed E-state index contributed by atoms with van der Waals surface area (Å²) in [6.45, 7) is 4.15. The predicted octanol–water partition coefficient (Wildman–Crippen LogP) is 2.71. The summed E-state index contributed by atoms with van der Waals surface area (Å²) in [7, 11) is 0. The third kappa shape index (κ3) is 2.55. The standard InChI is InChI=1S/C14H18F2N2O/c1-7-3-6-11(8(7)2)18-14(19)12-9(15)4-5-10(17)13(12)16/h4-5,7-8,11H,3,6,17H2,1-2H3,(H,18,19). The fraction of sp³-hybridized carbons (Fsp3) is 0.500. The second kappa shape index (κ2) is 5.15. The van der Waals surface area contributed by atoms with Crippen molar-refractivity contribution in [3.63, 3.8) is 0 Å². The molecule has 0 saturated heterocycles. The first-order valence-corrected chi connectivity index (χ1v) is 6.46. The van der Waals surface area contributed by atoms with E-state index in [4.69, 9.17) is 5.73 Å². The molecule has 3 unspecified atom stereocenters. The normalized spacial score (nSPS) is 26.4. The number of nitrogens with one attached hydrogen (secondary N) is 1. The Morgan fingerprint density at radius 1 is 1.32 bits per heavy atom. The number of nitrogens with two attached hydrogens (primary N) is 1. The first kappa shape index (κ1) is 13.8. The van der Waals surface area contributed by atoms with E-state index < -0.39 is 23.1 Å². The molecule has 1 aromatic carbocycles. The highest BCUT2D eigenvalue weighted by Gasteiger charge is 2.32. The molecule has 1 fully saturated rings. The lowest BCUT2D eigenvalue weighted by Gasteiger charge is -2.20. The average Bonchev–Trinajstić information content (AvgIpc) is 2.66. The van der Waals surface area contributed by atoms with Crippen LogP contribution in [0.1, 0.15) is 37.0 Å². The lowest BCUT2D eigenvalue weighted by atomic mass is 9.97. The summed E-state index contributed by atoms with van der Waals surface area (Å²) in [5.41, 5.74) is 4.55. The van der Waals surface area contributed by atoms with Crippen LogP contribution in [0.15, 0.2) is 12.1 Å². The fourth-order valence-corrected chi connectivity index (χ4v) is 2.59. The molecule has 104 valence electrons. The Kier molecular flexibility index (Phi) is 3.73. The summed E-state index contributed by atoms with van der Waals surface area (Å²) < 4.78 is 27.3. The van der Waals surface area contributed by atoms with Gasteiger partial charge in [-0.25, -0.2) is 8.78 Å². The monoisotopic (exact) mass is 268 g/mol. The molecule has 0 bridgehead atoms.